The van der Waals surface area contributed by atoms with E-state index in [1.165, 1.54) is 32.3 Å². The average Bonchev–Trinajstić information content (AvgIpc) is 3.72. The summed E-state index contributed by atoms with van der Waals surface area (Å²) in [5.74, 6) is 0. The minimum Gasteiger partial charge on any atom is -0.307 e. The number of thiophene rings is 1. The Morgan fingerprint density at radius 2 is 0.871 bits per heavy atom. The molecule has 0 bridgehead atoms. The molecule has 70 heavy (non-hydrogen) atoms. The van der Waals surface area contributed by atoms with E-state index in [-0.39, 0.29) is 27.1 Å². The fourth-order valence-electron chi connectivity index (χ4n) is 9.21. The highest BCUT2D eigenvalue weighted by molar-refractivity contribution is 7.17. The summed E-state index contributed by atoms with van der Waals surface area (Å²) in [7, 11) is 0. The number of hydrogen-bond acceptors (Lipinski definition) is 3. The lowest BCUT2D eigenvalue weighted by Gasteiger charge is -2.32. The second-order valence-electron chi connectivity index (χ2n) is 23.9. The number of anilines is 6. The molecule has 0 atom stereocenters. The van der Waals surface area contributed by atoms with Crippen LogP contribution in [0.5, 0.6) is 0 Å². The number of halogens is 2. The van der Waals surface area contributed by atoms with Crippen molar-refractivity contribution < 1.29 is 0 Å². The van der Waals surface area contributed by atoms with E-state index in [2.05, 4.69) is 265 Å². The quantitative estimate of drug-likeness (QED) is 0.135. The molecule has 8 rings (SSSR count). The molecule has 5 heteroatoms. The van der Waals surface area contributed by atoms with Gasteiger partial charge in [-0.05, 0) is 144 Å². The van der Waals surface area contributed by atoms with Gasteiger partial charge in [-0.2, -0.15) is 0 Å². The maximum absolute atomic E-state index is 8.08. The molecule has 0 N–H and O–H groups in total. The molecule has 0 unspecified atom stereocenters. The lowest BCUT2D eigenvalue weighted by Crippen LogP contribution is -2.17. The Morgan fingerprint density at radius 1 is 0.414 bits per heavy atom. The van der Waals surface area contributed by atoms with Crippen molar-refractivity contribution in [2.75, 3.05) is 9.80 Å². The van der Waals surface area contributed by atoms with Crippen LogP contribution in [0.3, 0.4) is 0 Å². The Balaban J connectivity index is 1.39. The highest BCUT2D eigenvalue weighted by atomic mass is 35.5. The largest absolute Gasteiger partial charge is 0.307 e. The minimum atomic E-state index is -0.0975. The van der Waals surface area contributed by atoms with Gasteiger partial charge in [-0.15, -0.1) is 11.3 Å². The molecule has 2 nitrogen and oxygen atoms in total. The molecule has 0 aliphatic rings. The van der Waals surface area contributed by atoms with Crippen molar-refractivity contribution in [3.8, 4) is 22.3 Å². The first kappa shape index (κ1) is 51.0. The van der Waals surface area contributed by atoms with Gasteiger partial charge in [-0.25, -0.2) is 0 Å². The van der Waals surface area contributed by atoms with Crippen molar-refractivity contribution in [1.82, 2.24) is 0 Å². The summed E-state index contributed by atoms with van der Waals surface area (Å²) in [6.07, 6.45) is 1.04. The van der Waals surface area contributed by atoms with E-state index in [9.17, 15) is 0 Å². The Hall–Kier alpha value is -5.32. The molecule has 362 valence electrons. The van der Waals surface area contributed by atoms with Crippen molar-refractivity contribution in [2.24, 2.45) is 0 Å². The number of fused-ring (bicyclic) bond motifs is 1. The minimum absolute atomic E-state index is 0.0206. The normalized spacial score (nSPS) is 12.7. The fourth-order valence-corrected chi connectivity index (χ4v) is 10.7. The lowest BCUT2D eigenvalue weighted by molar-refractivity contribution is 0.506. The highest BCUT2D eigenvalue weighted by Gasteiger charge is 2.28. The van der Waals surface area contributed by atoms with Crippen LogP contribution in [0, 0.1) is 0 Å². The van der Waals surface area contributed by atoms with Gasteiger partial charge in [-0.3, -0.25) is 0 Å². The molecule has 8 aromatic rings. The average molecular weight is 984 g/mol. The predicted molar refractivity (Wildman–Crippen MR) is 310 cm³/mol. The molecule has 0 amide bonds. The summed E-state index contributed by atoms with van der Waals surface area (Å²) >= 11 is 17.4. The number of nitrogens with zero attached hydrogens (tertiary/aromatic N) is 2. The summed E-state index contributed by atoms with van der Waals surface area (Å²) < 4.78 is 1.23. The van der Waals surface area contributed by atoms with E-state index >= 15 is 0 Å². The summed E-state index contributed by atoms with van der Waals surface area (Å²) in [5.41, 5.74) is 16.5. The summed E-state index contributed by atoms with van der Waals surface area (Å²) in [5, 5.41) is 4.74. The molecule has 0 saturated heterocycles. The number of hydrogen-bond donors (Lipinski definition) is 0. The van der Waals surface area contributed by atoms with Crippen LogP contribution in [0.15, 0.2) is 151 Å². The van der Waals surface area contributed by atoms with Gasteiger partial charge < -0.3 is 9.80 Å². The summed E-state index contributed by atoms with van der Waals surface area (Å²) in [4.78, 5) is 4.61. The first-order valence-electron chi connectivity index (χ1n) is 24.9. The molecule has 0 radical (unpaired) electrons. The zero-order chi connectivity index (χ0) is 50.7. The SMILES string of the molecule is CCC(C)(C)c1ccc(N(c2cccc(N(c3ccc(-c4ccc(C(C)(C)C)cc4)c(-c4ccc(C(C)(C)C)cc4)c3)c3ccc(C(C)(C)C)cc3Cl)c2Cl)c2csc3ccc(C(C)(C)C)cc23)cc1. The van der Waals surface area contributed by atoms with Crippen LogP contribution < -0.4 is 9.80 Å². The lowest BCUT2D eigenvalue weighted by atomic mass is 9.82. The van der Waals surface area contributed by atoms with Gasteiger partial charge in [0.15, 0.2) is 0 Å². The molecule has 0 spiro atoms. The molecular weight excluding hydrogens is 912 g/mol. The van der Waals surface area contributed by atoms with Gasteiger partial charge in [0.1, 0.15) is 0 Å². The molecule has 1 aromatic heterocycles. The van der Waals surface area contributed by atoms with Gasteiger partial charge in [0.05, 0.1) is 32.8 Å². The Kier molecular flexibility index (Phi) is 13.9. The Labute approximate surface area is 434 Å². The van der Waals surface area contributed by atoms with Crippen molar-refractivity contribution in [1.29, 1.82) is 0 Å². The second kappa shape index (κ2) is 19.0. The third kappa shape index (κ3) is 10.4. The van der Waals surface area contributed by atoms with Crippen molar-refractivity contribution in [3.05, 3.63) is 189 Å². The van der Waals surface area contributed by atoms with Crippen LogP contribution in [0.4, 0.5) is 34.1 Å². The van der Waals surface area contributed by atoms with Gasteiger partial charge in [0, 0.05) is 26.8 Å². The molecular formula is C65H72Cl2N2S. The van der Waals surface area contributed by atoms with Crippen molar-refractivity contribution >= 4 is 78.7 Å². The summed E-state index contributed by atoms with van der Waals surface area (Å²) in [6.45, 7) is 34.0. The van der Waals surface area contributed by atoms with Gasteiger partial charge in [-0.1, -0.05) is 212 Å². The van der Waals surface area contributed by atoms with E-state index < -0.39 is 0 Å². The van der Waals surface area contributed by atoms with Gasteiger partial charge in [0.2, 0.25) is 0 Å². The molecule has 0 fully saturated rings. The zero-order valence-corrected chi connectivity index (χ0v) is 46.5. The third-order valence-electron chi connectivity index (χ3n) is 14.3. The molecule has 7 aromatic carbocycles. The summed E-state index contributed by atoms with van der Waals surface area (Å²) in [6, 6.07) is 53.9. The second-order valence-corrected chi connectivity index (χ2v) is 25.6. The van der Waals surface area contributed by atoms with Crippen LogP contribution in [0.25, 0.3) is 32.3 Å². The van der Waals surface area contributed by atoms with E-state index in [4.69, 9.17) is 23.2 Å². The molecule has 0 aliphatic heterocycles. The maximum atomic E-state index is 8.08. The van der Waals surface area contributed by atoms with E-state index in [0.717, 1.165) is 68.4 Å². The smallest absolute Gasteiger partial charge is 0.0887 e. The molecule has 1 heterocycles. The maximum Gasteiger partial charge on any atom is 0.0887 e. The van der Waals surface area contributed by atoms with Gasteiger partial charge >= 0.3 is 0 Å². The highest BCUT2D eigenvalue weighted by Crippen LogP contribution is 2.52. The van der Waals surface area contributed by atoms with Crippen LogP contribution in [-0.4, -0.2) is 0 Å². The van der Waals surface area contributed by atoms with Crippen LogP contribution in [0.2, 0.25) is 10.0 Å². The first-order valence-corrected chi connectivity index (χ1v) is 26.6. The van der Waals surface area contributed by atoms with Crippen LogP contribution in [-0.2, 0) is 27.1 Å². The van der Waals surface area contributed by atoms with Crippen molar-refractivity contribution in [3.63, 3.8) is 0 Å². The molecule has 0 aliphatic carbocycles. The predicted octanol–water partition coefficient (Wildman–Crippen LogP) is 21.4. The third-order valence-corrected chi connectivity index (χ3v) is 16.0. The van der Waals surface area contributed by atoms with E-state index in [0.29, 0.717) is 10.0 Å². The van der Waals surface area contributed by atoms with Crippen LogP contribution in [0.1, 0.15) is 138 Å². The van der Waals surface area contributed by atoms with Crippen LogP contribution >= 0.6 is 34.5 Å². The standard InChI is InChI=1S/C65H72Cl2N2S/c1-16-65(14,15)46-28-32-49(33-29-46)68(58-41-70-59-37-31-47(38-53(58)59)63(8,9)10)56-18-17-19-57(60(56)67)69(55-36-30-48(39-54(55)66)64(11,12)13)50-34-35-51(42-20-24-44(25-21-42)61(2,3)4)52(40-50)43-22-26-45(27-23-43)62(5,6)7/h17-41H,16H2,1-15H3. The van der Waals surface area contributed by atoms with E-state index in [1.54, 1.807) is 11.3 Å². The van der Waals surface area contributed by atoms with E-state index in [1.807, 2.05) is 0 Å². The molecule has 0 saturated carbocycles. The Bertz CT molecular complexity index is 3150. The van der Waals surface area contributed by atoms with Crippen molar-refractivity contribution in [2.45, 2.75) is 137 Å². The first-order chi connectivity index (χ1) is 32.8. The number of benzene rings is 7. The monoisotopic (exact) mass is 982 g/mol. The Morgan fingerprint density at radius 3 is 1.39 bits per heavy atom. The van der Waals surface area contributed by atoms with Gasteiger partial charge in [0.25, 0.3) is 0 Å². The topological polar surface area (TPSA) is 6.48 Å². The fraction of sp³-hybridized carbons (Fsp3) is 0.323. The number of rotatable bonds is 10. The zero-order valence-electron chi connectivity index (χ0n) is 44.2.